The molecule has 0 saturated heterocycles. The van der Waals surface area contributed by atoms with Crippen LogP contribution in [0.1, 0.15) is 23.2 Å². The van der Waals surface area contributed by atoms with Crippen LogP contribution in [0.15, 0.2) is 18.2 Å². The van der Waals surface area contributed by atoms with Crippen LogP contribution in [0.4, 0.5) is 11.4 Å². The molecule has 1 aromatic carbocycles. The van der Waals surface area contributed by atoms with Gasteiger partial charge in [-0.3, -0.25) is 0 Å². The minimum Gasteiger partial charge on any atom is -0.465 e. The van der Waals surface area contributed by atoms with Gasteiger partial charge in [0.2, 0.25) is 0 Å². The van der Waals surface area contributed by atoms with Crippen molar-refractivity contribution in [2.45, 2.75) is 18.9 Å². The van der Waals surface area contributed by atoms with E-state index in [1.165, 1.54) is 20.0 Å². The molecule has 0 radical (unpaired) electrons. The van der Waals surface area contributed by atoms with Gasteiger partial charge in [-0.05, 0) is 31.0 Å². The molecule has 0 unspecified atom stereocenters. The fraction of sp³-hybridized carbons (Fsp3) is 0.364. The average molecular weight is 206 g/mol. The normalized spacial score (nSPS) is 14.7. The summed E-state index contributed by atoms with van der Waals surface area (Å²) in [4.78, 5) is 11.4. The van der Waals surface area contributed by atoms with E-state index in [1.807, 2.05) is 6.07 Å². The van der Waals surface area contributed by atoms with Crippen LogP contribution in [0.2, 0.25) is 0 Å². The zero-order valence-electron chi connectivity index (χ0n) is 8.62. The van der Waals surface area contributed by atoms with Crippen LogP contribution in [0.5, 0.6) is 0 Å². The lowest BCUT2D eigenvalue weighted by atomic mass is 10.1. The highest BCUT2D eigenvalue weighted by Crippen LogP contribution is 2.26. The maximum atomic E-state index is 11.4. The van der Waals surface area contributed by atoms with Crippen molar-refractivity contribution in [3.8, 4) is 0 Å². The number of esters is 1. The lowest BCUT2D eigenvalue weighted by Crippen LogP contribution is -2.08. The molecule has 0 aliphatic heterocycles. The number of nitrogens with one attached hydrogen (secondary N) is 1. The maximum absolute atomic E-state index is 11.4. The Morgan fingerprint density at radius 1 is 1.53 bits per heavy atom. The third kappa shape index (κ3) is 2.21. The van der Waals surface area contributed by atoms with E-state index in [4.69, 9.17) is 5.73 Å². The zero-order valence-corrected chi connectivity index (χ0v) is 8.62. The number of hydrogen-bond acceptors (Lipinski definition) is 4. The molecule has 1 saturated carbocycles. The number of anilines is 2. The number of benzene rings is 1. The van der Waals surface area contributed by atoms with Crippen LogP contribution in [0.3, 0.4) is 0 Å². The first kappa shape index (κ1) is 9.83. The molecule has 0 atom stereocenters. The molecular weight excluding hydrogens is 192 g/mol. The smallest absolute Gasteiger partial charge is 0.340 e. The summed E-state index contributed by atoms with van der Waals surface area (Å²) in [6.45, 7) is 0. The summed E-state index contributed by atoms with van der Waals surface area (Å²) in [6, 6.07) is 5.88. The number of rotatable bonds is 3. The molecular formula is C11H14N2O2. The minimum atomic E-state index is -0.396. The minimum absolute atomic E-state index is 0.396. The van der Waals surface area contributed by atoms with Crippen LogP contribution < -0.4 is 11.1 Å². The zero-order chi connectivity index (χ0) is 10.8. The molecule has 1 aliphatic rings. The first-order valence-corrected chi connectivity index (χ1v) is 4.95. The highest BCUT2D eigenvalue weighted by atomic mass is 16.5. The molecule has 0 heterocycles. The van der Waals surface area contributed by atoms with Crippen molar-refractivity contribution < 1.29 is 9.53 Å². The number of nitrogens with two attached hydrogens (primary N) is 1. The first-order valence-electron chi connectivity index (χ1n) is 4.95. The van der Waals surface area contributed by atoms with Gasteiger partial charge < -0.3 is 15.8 Å². The summed E-state index contributed by atoms with van der Waals surface area (Å²) < 4.78 is 4.65. The van der Waals surface area contributed by atoms with Crippen LogP contribution in [0.25, 0.3) is 0 Å². The molecule has 15 heavy (non-hydrogen) atoms. The number of carbonyl (C=O) groups is 1. The van der Waals surface area contributed by atoms with E-state index in [0.29, 0.717) is 17.3 Å². The molecule has 0 aromatic heterocycles. The second kappa shape index (κ2) is 3.81. The predicted octanol–water partition coefficient (Wildman–Crippen LogP) is 1.63. The van der Waals surface area contributed by atoms with E-state index >= 15 is 0 Å². The number of methoxy groups -OCH3 is 1. The Kier molecular flexibility index (Phi) is 2.49. The number of hydrogen-bond donors (Lipinski definition) is 2. The molecule has 0 bridgehead atoms. The summed E-state index contributed by atoms with van der Waals surface area (Å²) in [5, 5.41) is 3.30. The van der Waals surface area contributed by atoms with Gasteiger partial charge in [0.25, 0.3) is 0 Å². The third-order valence-electron chi connectivity index (χ3n) is 2.41. The summed E-state index contributed by atoms with van der Waals surface area (Å²) in [5.41, 5.74) is 7.47. The quantitative estimate of drug-likeness (QED) is 0.582. The molecule has 4 heteroatoms. The SMILES string of the molecule is COC(=O)c1cc(NC2CC2)ccc1N. The summed E-state index contributed by atoms with van der Waals surface area (Å²) in [7, 11) is 1.35. The fourth-order valence-electron chi connectivity index (χ4n) is 1.40. The van der Waals surface area contributed by atoms with Crippen molar-refractivity contribution in [3.05, 3.63) is 23.8 Å². The Morgan fingerprint density at radius 3 is 2.87 bits per heavy atom. The number of nitrogen functional groups attached to an aromatic ring is 1. The van der Waals surface area contributed by atoms with E-state index in [2.05, 4.69) is 10.1 Å². The van der Waals surface area contributed by atoms with Gasteiger partial charge in [-0.25, -0.2) is 4.79 Å². The van der Waals surface area contributed by atoms with Gasteiger partial charge in [0.15, 0.2) is 0 Å². The van der Waals surface area contributed by atoms with Crippen molar-refractivity contribution in [1.82, 2.24) is 0 Å². The number of carbonyl (C=O) groups excluding carboxylic acids is 1. The summed E-state index contributed by atoms with van der Waals surface area (Å²) in [6.07, 6.45) is 2.38. The second-order valence-electron chi connectivity index (χ2n) is 3.71. The van der Waals surface area contributed by atoms with E-state index < -0.39 is 5.97 Å². The van der Waals surface area contributed by atoms with Gasteiger partial charge in [-0.1, -0.05) is 0 Å². The monoisotopic (exact) mass is 206 g/mol. The Balaban J connectivity index is 2.22. The van der Waals surface area contributed by atoms with Gasteiger partial charge in [0, 0.05) is 17.4 Å². The largest absolute Gasteiger partial charge is 0.465 e. The Morgan fingerprint density at radius 2 is 2.27 bits per heavy atom. The third-order valence-corrected chi connectivity index (χ3v) is 2.41. The van der Waals surface area contributed by atoms with Crippen LogP contribution >= 0.6 is 0 Å². The Hall–Kier alpha value is -1.71. The molecule has 0 spiro atoms. The van der Waals surface area contributed by atoms with Gasteiger partial charge >= 0.3 is 5.97 Å². The van der Waals surface area contributed by atoms with Gasteiger partial charge in [0.05, 0.1) is 12.7 Å². The van der Waals surface area contributed by atoms with E-state index in [-0.39, 0.29) is 0 Å². The summed E-state index contributed by atoms with van der Waals surface area (Å²) in [5.74, 6) is -0.396. The lowest BCUT2D eigenvalue weighted by Gasteiger charge is -2.08. The van der Waals surface area contributed by atoms with E-state index in [1.54, 1.807) is 12.1 Å². The predicted molar refractivity (Wildman–Crippen MR) is 58.8 cm³/mol. The molecule has 80 valence electrons. The van der Waals surface area contributed by atoms with Crippen molar-refractivity contribution in [2.24, 2.45) is 0 Å². The molecule has 3 N–H and O–H groups in total. The van der Waals surface area contributed by atoms with Gasteiger partial charge in [-0.2, -0.15) is 0 Å². The van der Waals surface area contributed by atoms with Crippen LogP contribution in [-0.2, 0) is 4.74 Å². The standard InChI is InChI=1S/C11H14N2O2/c1-15-11(14)9-6-8(4-5-10(9)12)13-7-2-3-7/h4-7,13H,2-3,12H2,1H3. The van der Waals surface area contributed by atoms with E-state index in [0.717, 1.165) is 5.69 Å². The molecule has 1 fully saturated rings. The van der Waals surface area contributed by atoms with Crippen LogP contribution in [-0.4, -0.2) is 19.1 Å². The van der Waals surface area contributed by atoms with Crippen molar-refractivity contribution in [3.63, 3.8) is 0 Å². The van der Waals surface area contributed by atoms with Crippen LogP contribution in [0, 0.1) is 0 Å². The van der Waals surface area contributed by atoms with Gasteiger partial charge in [-0.15, -0.1) is 0 Å². The Labute approximate surface area is 88.4 Å². The first-order chi connectivity index (χ1) is 7.20. The van der Waals surface area contributed by atoms with Crippen molar-refractivity contribution in [2.75, 3.05) is 18.2 Å². The number of ether oxygens (including phenoxy) is 1. The highest BCUT2D eigenvalue weighted by molar-refractivity contribution is 5.96. The maximum Gasteiger partial charge on any atom is 0.340 e. The molecule has 1 aliphatic carbocycles. The van der Waals surface area contributed by atoms with Crippen molar-refractivity contribution in [1.29, 1.82) is 0 Å². The second-order valence-corrected chi connectivity index (χ2v) is 3.71. The Bertz CT molecular complexity index is 386. The van der Waals surface area contributed by atoms with Gasteiger partial charge in [0.1, 0.15) is 0 Å². The van der Waals surface area contributed by atoms with E-state index in [9.17, 15) is 4.79 Å². The average Bonchev–Trinajstić information content (AvgIpc) is 3.04. The fourth-order valence-corrected chi connectivity index (χ4v) is 1.40. The summed E-state index contributed by atoms with van der Waals surface area (Å²) >= 11 is 0. The molecule has 0 amide bonds. The topological polar surface area (TPSA) is 64.3 Å². The van der Waals surface area contributed by atoms with Crippen molar-refractivity contribution >= 4 is 17.3 Å². The molecule has 2 rings (SSSR count). The molecule has 4 nitrogen and oxygen atoms in total. The highest BCUT2D eigenvalue weighted by Gasteiger charge is 2.21. The molecule has 1 aromatic rings. The lowest BCUT2D eigenvalue weighted by molar-refractivity contribution is 0.0602.